The van der Waals surface area contributed by atoms with Crippen molar-refractivity contribution in [2.75, 3.05) is 20.8 Å². The van der Waals surface area contributed by atoms with Crippen LogP contribution in [0.25, 0.3) is 0 Å². The van der Waals surface area contributed by atoms with E-state index in [2.05, 4.69) is 34.9 Å². The lowest BCUT2D eigenvalue weighted by Crippen LogP contribution is -2.29. The van der Waals surface area contributed by atoms with Gasteiger partial charge in [0, 0.05) is 26.0 Å². The largest absolute Gasteiger partial charge is 0.383 e. The zero-order valence-corrected chi connectivity index (χ0v) is 12.3. The van der Waals surface area contributed by atoms with Gasteiger partial charge in [0.25, 0.3) is 0 Å². The maximum atomic E-state index is 5.35. The molecule has 0 aromatic carbocycles. The van der Waals surface area contributed by atoms with Crippen molar-refractivity contribution in [3.05, 3.63) is 59.7 Å². The van der Waals surface area contributed by atoms with E-state index in [-0.39, 0.29) is 6.04 Å². The van der Waals surface area contributed by atoms with Crippen LogP contribution in [-0.2, 0) is 11.3 Å². The predicted molar refractivity (Wildman–Crippen MR) is 79.3 cm³/mol. The van der Waals surface area contributed by atoms with E-state index in [1.54, 1.807) is 7.11 Å². The Bertz CT molecular complexity index is 530. The molecule has 0 saturated heterocycles. The fraction of sp³-hybridized carbons (Fsp3) is 0.375. The van der Waals surface area contributed by atoms with Crippen molar-refractivity contribution in [1.82, 2.24) is 14.9 Å². The number of rotatable bonds is 6. The van der Waals surface area contributed by atoms with Gasteiger partial charge < -0.3 is 4.74 Å². The Morgan fingerprint density at radius 3 is 2.60 bits per heavy atom. The molecule has 2 aromatic heterocycles. The van der Waals surface area contributed by atoms with Crippen LogP contribution in [0.3, 0.4) is 0 Å². The third kappa shape index (κ3) is 3.62. The van der Waals surface area contributed by atoms with Gasteiger partial charge in [-0.3, -0.25) is 14.9 Å². The summed E-state index contributed by atoms with van der Waals surface area (Å²) in [7, 11) is 3.79. The predicted octanol–water partition coefficient (Wildman–Crippen LogP) is 2.60. The number of aromatic nitrogens is 2. The first kappa shape index (κ1) is 14.6. The SMILES string of the molecule is COC[C@H](c1ccccn1)N(C)Cc1ncccc1C. The van der Waals surface area contributed by atoms with Crippen molar-refractivity contribution in [2.24, 2.45) is 0 Å². The van der Waals surface area contributed by atoms with E-state index in [0.717, 1.165) is 17.9 Å². The molecule has 0 aliphatic heterocycles. The molecule has 0 aliphatic rings. The van der Waals surface area contributed by atoms with Crippen LogP contribution in [0.2, 0.25) is 0 Å². The molecule has 0 aliphatic carbocycles. The summed E-state index contributed by atoms with van der Waals surface area (Å²) in [6.45, 7) is 3.47. The Morgan fingerprint density at radius 2 is 1.95 bits per heavy atom. The van der Waals surface area contributed by atoms with Gasteiger partial charge >= 0.3 is 0 Å². The first-order valence-corrected chi connectivity index (χ1v) is 6.73. The summed E-state index contributed by atoms with van der Waals surface area (Å²) in [6, 6.07) is 10.1. The minimum Gasteiger partial charge on any atom is -0.383 e. The van der Waals surface area contributed by atoms with Gasteiger partial charge in [-0.25, -0.2) is 0 Å². The second kappa shape index (κ2) is 7.12. The van der Waals surface area contributed by atoms with Crippen LogP contribution in [0.5, 0.6) is 0 Å². The molecule has 0 bridgehead atoms. The van der Waals surface area contributed by atoms with Crippen molar-refractivity contribution < 1.29 is 4.74 Å². The molecule has 106 valence electrons. The molecule has 0 radical (unpaired) electrons. The summed E-state index contributed by atoms with van der Waals surface area (Å²) >= 11 is 0. The van der Waals surface area contributed by atoms with Gasteiger partial charge in [0.1, 0.15) is 0 Å². The second-order valence-electron chi connectivity index (χ2n) is 4.91. The van der Waals surface area contributed by atoms with Crippen molar-refractivity contribution >= 4 is 0 Å². The van der Waals surface area contributed by atoms with Crippen LogP contribution < -0.4 is 0 Å². The van der Waals surface area contributed by atoms with Gasteiger partial charge in [-0.1, -0.05) is 12.1 Å². The maximum Gasteiger partial charge on any atom is 0.0758 e. The average molecular weight is 271 g/mol. The highest BCUT2D eigenvalue weighted by atomic mass is 16.5. The van der Waals surface area contributed by atoms with Crippen molar-refractivity contribution in [3.8, 4) is 0 Å². The monoisotopic (exact) mass is 271 g/mol. The molecule has 1 atom stereocenters. The van der Waals surface area contributed by atoms with E-state index in [4.69, 9.17) is 4.74 Å². The Labute approximate surface area is 120 Å². The van der Waals surface area contributed by atoms with E-state index in [1.807, 2.05) is 36.7 Å². The fourth-order valence-corrected chi connectivity index (χ4v) is 2.20. The molecule has 0 unspecified atom stereocenters. The summed E-state index contributed by atoms with van der Waals surface area (Å²) in [5.41, 5.74) is 3.31. The molecule has 0 saturated carbocycles. The zero-order chi connectivity index (χ0) is 14.4. The molecule has 2 aromatic rings. The summed E-state index contributed by atoms with van der Waals surface area (Å²) in [5, 5.41) is 0. The smallest absolute Gasteiger partial charge is 0.0758 e. The number of nitrogens with zero attached hydrogens (tertiary/aromatic N) is 3. The Hall–Kier alpha value is -1.78. The Balaban J connectivity index is 2.16. The lowest BCUT2D eigenvalue weighted by Gasteiger charge is -2.27. The zero-order valence-electron chi connectivity index (χ0n) is 12.3. The Morgan fingerprint density at radius 1 is 1.15 bits per heavy atom. The molecule has 20 heavy (non-hydrogen) atoms. The molecule has 2 rings (SSSR count). The highest BCUT2D eigenvalue weighted by Gasteiger charge is 2.19. The quantitative estimate of drug-likeness (QED) is 0.809. The van der Waals surface area contributed by atoms with Gasteiger partial charge in [0.05, 0.1) is 24.0 Å². The van der Waals surface area contributed by atoms with E-state index in [1.165, 1.54) is 5.56 Å². The van der Waals surface area contributed by atoms with Crippen LogP contribution in [0.4, 0.5) is 0 Å². The molecule has 0 fully saturated rings. The molecule has 0 spiro atoms. The number of ether oxygens (including phenoxy) is 1. The van der Waals surface area contributed by atoms with Crippen LogP contribution in [0.1, 0.15) is 23.0 Å². The van der Waals surface area contributed by atoms with Crippen molar-refractivity contribution in [1.29, 1.82) is 0 Å². The number of pyridine rings is 2. The van der Waals surface area contributed by atoms with Crippen LogP contribution in [0, 0.1) is 6.92 Å². The topological polar surface area (TPSA) is 38.2 Å². The van der Waals surface area contributed by atoms with Gasteiger partial charge in [0.2, 0.25) is 0 Å². The Kier molecular flexibility index (Phi) is 5.21. The molecular formula is C16H21N3O. The number of methoxy groups -OCH3 is 1. The van der Waals surface area contributed by atoms with Crippen LogP contribution >= 0.6 is 0 Å². The normalized spacial score (nSPS) is 12.6. The van der Waals surface area contributed by atoms with E-state index < -0.39 is 0 Å². The minimum absolute atomic E-state index is 0.127. The number of hydrogen-bond donors (Lipinski definition) is 0. The molecule has 0 amide bonds. The number of likely N-dealkylation sites (N-methyl/N-ethyl adjacent to an activating group) is 1. The standard InChI is InChI=1S/C16H21N3O/c1-13-7-6-10-18-15(13)11-19(2)16(12-20-3)14-8-4-5-9-17-14/h4-10,16H,11-12H2,1-3H3/t16-/m1/s1. The number of aryl methyl sites for hydroxylation is 1. The van der Waals surface area contributed by atoms with E-state index in [0.29, 0.717) is 6.61 Å². The summed E-state index contributed by atoms with van der Waals surface area (Å²) in [4.78, 5) is 11.1. The summed E-state index contributed by atoms with van der Waals surface area (Å²) < 4.78 is 5.35. The van der Waals surface area contributed by atoms with E-state index >= 15 is 0 Å². The molecule has 4 heteroatoms. The summed E-state index contributed by atoms with van der Waals surface area (Å²) in [6.07, 6.45) is 3.65. The average Bonchev–Trinajstić information content (AvgIpc) is 2.48. The second-order valence-corrected chi connectivity index (χ2v) is 4.91. The van der Waals surface area contributed by atoms with Gasteiger partial charge in [-0.15, -0.1) is 0 Å². The molecule has 0 N–H and O–H groups in total. The fourth-order valence-electron chi connectivity index (χ4n) is 2.20. The maximum absolute atomic E-state index is 5.35. The van der Waals surface area contributed by atoms with Gasteiger partial charge in [0.15, 0.2) is 0 Å². The third-order valence-electron chi connectivity index (χ3n) is 3.40. The molecule has 2 heterocycles. The van der Waals surface area contributed by atoms with Gasteiger partial charge in [-0.05, 0) is 37.7 Å². The van der Waals surface area contributed by atoms with Gasteiger partial charge in [-0.2, -0.15) is 0 Å². The van der Waals surface area contributed by atoms with Crippen molar-refractivity contribution in [2.45, 2.75) is 19.5 Å². The van der Waals surface area contributed by atoms with Crippen LogP contribution in [0.15, 0.2) is 42.7 Å². The summed E-state index contributed by atoms with van der Waals surface area (Å²) in [5.74, 6) is 0. The van der Waals surface area contributed by atoms with Crippen molar-refractivity contribution in [3.63, 3.8) is 0 Å². The highest BCUT2D eigenvalue weighted by Crippen LogP contribution is 2.20. The minimum atomic E-state index is 0.127. The first-order valence-electron chi connectivity index (χ1n) is 6.73. The van der Waals surface area contributed by atoms with E-state index in [9.17, 15) is 0 Å². The molecular weight excluding hydrogens is 250 g/mol. The number of hydrogen-bond acceptors (Lipinski definition) is 4. The lowest BCUT2D eigenvalue weighted by molar-refractivity contribution is 0.0991. The highest BCUT2D eigenvalue weighted by molar-refractivity contribution is 5.18. The lowest BCUT2D eigenvalue weighted by atomic mass is 10.1. The first-order chi connectivity index (χ1) is 9.72. The molecule has 4 nitrogen and oxygen atoms in total. The third-order valence-corrected chi connectivity index (χ3v) is 3.40. The van der Waals surface area contributed by atoms with Crippen LogP contribution in [-0.4, -0.2) is 35.6 Å².